The fourth-order valence-corrected chi connectivity index (χ4v) is 4.59. The molecule has 2 aromatic heterocycles. The number of carbonyl (C=O) groups is 1. The largest absolute Gasteiger partial charge is 0.323 e. The number of hydrogen-bond acceptors (Lipinski definition) is 4. The lowest BCUT2D eigenvalue weighted by Crippen LogP contribution is -2.29. The van der Waals surface area contributed by atoms with Crippen LogP contribution in [0.4, 0.5) is 20.6 Å². The molecule has 0 unspecified atom stereocenters. The summed E-state index contributed by atoms with van der Waals surface area (Å²) in [5.41, 5.74) is 5.59. The second kappa shape index (κ2) is 9.84. The summed E-state index contributed by atoms with van der Waals surface area (Å²) in [6.07, 6.45) is 5.62. The van der Waals surface area contributed by atoms with Crippen LogP contribution in [0.3, 0.4) is 0 Å². The summed E-state index contributed by atoms with van der Waals surface area (Å²) < 4.78 is 15.8. The Labute approximate surface area is 204 Å². The Morgan fingerprint density at radius 2 is 1.80 bits per heavy atom. The van der Waals surface area contributed by atoms with E-state index in [1.54, 1.807) is 12.1 Å². The maximum atomic E-state index is 14.0. The summed E-state index contributed by atoms with van der Waals surface area (Å²) in [5.74, 6) is -0.473. The first-order valence-corrected chi connectivity index (χ1v) is 11.9. The minimum atomic E-state index is -0.496. The quantitative estimate of drug-likeness (QED) is 0.390. The van der Waals surface area contributed by atoms with Gasteiger partial charge in [0, 0.05) is 24.7 Å². The molecule has 1 fully saturated rings. The molecule has 8 heteroatoms. The standard InChI is InChI=1S/C27H29FN6O/c1-18-6-11-24(28)25(14-18)32-27(35)31-20-9-7-19(8-10-20)22-15-21(17-34-12-4-3-5-13-34)30-26-23(22)16-29-33(26)2/h6-11,14-16H,3-5,12-13,17H2,1-2H3,(H2,31,32,35). The van der Waals surface area contributed by atoms with E-state index in [9.17, 15) is 9.18 Å². The molecule has 2 N–H and O–H groups in total. The van der Waals surface area contributed by atoms with E-state index in [-0.39, 0.29) is 5.69 Å². The van der Waals surface area contributed by atoms with Crippen LogP contribution in [-0.4, -0.2) is 38.8 Å². The molecule has 0 atom stereocenters. The summed E-state index contributed by atoms with van der Waals surface area (Å²) in [7, 11) is 1.91. The van der Waals surface area contributed by atoms with Crippen LogP contribution in [0.2, 0.25) is 0 Å². The molecule has 1 aliphatic rings. The average Bonchev–Trinajstić information content (AvgIpc) is 3.23. The molecule has 1 aliphatic heterocycles. The van der Waals surface area contributed by atoms with Gasteiger partial charge in [-0.15, -0.1) is 0 Å². The number of fused-ring (bicyclic) bond motifs is 1. The van der Waals surface area contributed by atoms with Crippen LogP contribution in [-0.2, 0) is 13.6 Å². The Morgan fingerprint density at radius 3 is 2.57 bits per heavy atom. The topological polar surface area (TPSA) is 75.1 Å². The maximum absolute atomic E-state index is 14.0. The van der Waals surface area contributed by atoms with E-state index in [2.05, 4.69) is 26.7 Å². The number of halogens is 1. The Balaban J connectivity index is 1.36. The number of aryl methyl sites for hydroxylation is 2. The van der Waals surface area contributed by atoms with Crippen molar-refractivity contribution in [2.45, 2.75) is 32.7 Å². The van der Waals surface area contributed by atoms with Crippen LogP contribution in [0.5, 0.6) is 0 Å². The zero-order chi connectivity index (χ0) is 24.4. The molecule has 7 nitrogen and oxygen atoms in total. The Bertz CT molecular complexity index is 1360. The van der Waals surface area contributed by atoms with Gasteiger partial charge in [-0.05, 0) is 79.9 Å². The van der Waals surface area contributed by atoms with E-state index < -0.39 is 11.8 Å². The molecule has 2 amide bonds. The minimum Gasteiger partial charge on any atom is -0.308 e. The number of nitrogens with one attached hydrogen (secondary N) is 2. The van der Waals surface area contributed by atoms with E-state index in [0.717, 1.165) is 53.1 Å². The smallest absolute Gasteiger partial charge is 0.308 e. The average molecular weight is 473 g/mol. The Kier molecular flexibility index (Phi) is 6.46. The van der Waals surface area contributed by atoms with Crippen LogP contribution in [0.1, 0.15) is 30.5 Å². The number of benzene rings is 2. The number of hydrogen-bond donors (Lipinski definition) is 2. The molecule has 0 radical (unpaired) electrons. The van der Waals surface area contributed by atoms with Gasteiger partial charge in [-0.1, -0.05) is 24.6 Å². The van der Waals surface area contributed by atoms with Gasteiger partial charge in [0.05, 0.1) is 17.6 Å². The van der Waals surface area contributed by atoms with Gasteiger partial charge >= 0.3 is 6.03 Å². The molecule has 180 valence electrons. The van der Waals surface area contributed by atoms with Crippen molar-refractivity contribution in [3.8, 4) is 11.1 Å². The van der Waals surface area contributed by atoms with Gasteiger partial charge in [-0.2, -0.15) is 5.10 Å². The van der Waals surface area contributed by atoms with Crippen LogP contribution in [0.25, 0.3) is 22.2 Å². The summed E-state index contributed by atoms with van der Waals surface area (Å²) in [4.78, 5) is 19.7. The first-order chi connectivity index (χ1) is 17.0. The van der Waals surface area contributed by atoms with Crippen molar-refractivity contribution in [1.82, 2.24) is 19.7 Å². The van der Waals surface area contributed by atoms with Crippen molar-refractivity contribution in [3.05, 3.63) is 71.8 Å². The number of aromatic nitrogens is 3. The number of likely N-dealkylation sites (tertiary alicyclic amines) is 1. The normalized spacial score (nSPS) is 14.3. The number of amides is 2. The van der Waals surface area contributed by atoms with Crippen LogP contribution < -0.4 is 10.6 Å². The van der Waals surface area contributed by atoms with Crippen LogP contribution in [0.15, 0.2) is 54.7 Å². The Morgan fingerprint density at radius 1 is 1.03 bits per heavy atom. The molecule has 35 heavy (non-hydrogen) atoms. The molecule has 5 rings (SSSR count). The number of pyridine rings is 1. The minimum absolute atomic E-state index is 0.149. The molecule has 0 aliphatic carbocycles. The van der Waals surface area contributed by atoms with Crippen molar-refractivity contribution < 1.29 is 9.18 Å². The molecular formula is C27H29FN6O. The van der Waals surface area contributed by atoms with E-state index in [1.165, 1.54) is 25.3 Å². The van der Waals surface area contributed by atoms with Crippen molar-refractivity contribution >= 4 is 28.4 Å². The highest BCUT2D eigenvalue weighted by Gasteiger charge is 2.16. The lowest BCUT2D eigenvalue weighted by atomic mass is 10.0. The molecule has 3 heterocycles. The number of anilines is 2. The van der Waals surface area contributed by atoms with Gasteiger partial charge in [0.1, 0.15) is 5.82 Å². The maximum Gasteiger partial charge on any atom is 0.323 e. The predicted molar refractivity (Wildman–Crippen MR) is 137 cm³/mol. The summed E-state index contributed by atoms with van der Waals surface area (Å²) in [6.45, 7) is 4.88. The van der Waals surface area contributed by atoms with E-state index >= 15 is 0 Å². The molecule has 0 saturated carbocycles. The SMILES string of the molecule is Cc1ccc(F)c(NC(=O)Nc2ccc(-c3cc(CN4CCCCC4)nc4c3cnn4C)cc2)c1. The third-order valence-electron chi connectivity index (χ3n) is 6.42. The van der Waals surface area contributed by atoms with Gasteiger partial charge < -0.3 is 10.6 Å². The predicted octanol–water partition coefficient (Wildman–Crippen LogP) is 5.71. The van der Waals surface area contributed by atoms with Crippen molar-refractivity contribution in [3.63, 3.8) is 0 Å². The van der Waals surface area contributed by atoms with Gasteiger partial charge in [0.2, 0.25) is 0 Å². The summed E-state index contributed by atoms with van der Waals surface area (Å²) in [5, 5.41) is 10.8. The Hall–Kier alpha value is -3.78. The second-order valence-corrected chi connectivity index (χ2v) is 9.14. The number of nitrogens with zero attached hydrogens (tertiary/aromatic N) is 4. The third kappa shape index (κ3) is 5.17. The highest BCUT2D eigenvalue weighted by Crippen LogP contribution is 2.30. The zero-order valence-electron chi connectivity index (χ0n) is 20.0. The number of carbonyl (C=O) groups excluding carboxylic acids is 1. The summed E-state index contributed by atoms with van der Waals surface area (Å²) in [6, 6.07) is 13.9. The first-order valence-electron chi connectivity index (χ1n) is 11.9. The van der Waals surface area contributed by atoms with Gasteiger partial charge in [-0.3, -0.25) is 9.58 Å². The lowest BCUT2D eigenvalue weighted by Gasteiger charge is -2.26. The van der Waals surface area contributed by atoms with Crippen molar-refractivity contribution in [1.29, 1.82) is 0 Å². The first kappa shape index (κ1) is 23.0. The number of urea groups is 1. The fraction of sp³-hybridized carbons (Fsp3) is 0.296. The number of rotatable bonds is 5. The van der Waals surface area contributed by atoms with Gasteiger partial charge in [0.25, 0.3) is 0 Å². The fourth-order valence-electron chi connectivity index (χ4n) is 4.59. The van der Waals surface area contributed by atoms with Crippen molar-refractivity contribution in [2.75, 3.05) is 23.7 Å². The summed E-state index contributed by atoms with van der Waals surface area (Å²) >= 11 is 0. The highest BCUT2D eigenvalue weighted by atomic mass is 19.1. The molecule has 4 aromatic rings. The third-order valence-corrected chi connectivity index (χ3v) is 6.42. The van der Waals surface area contributed by atoms with Gasteiger partial charge in [0.15, 0.2) is 5.65 Å². The molecule has 1 saturated heterocycles. The van der Waals surface area contributed by atoms with Crippen LogP contribution in [0, 0.1) is 12.7 Å². The van der Waals surface area contributed by atoms with E-state index in [0.29, 0.717) is 5.69 Å². The van der Waals surface area contributed by atoms with E-state index in [1.807, 2.05) is 49.1 Å². The molecule has 2 aromatic carbocycles. The second-order valence-electron chi connectivity index (χ2n) is 9.14. The van der Waals surface area contributed by atoms with Gasteiger partial charge in [-0.25, -0.2) is 14.2 Å². The van der Waals surface area contributed by atoms with Crippen LogP contribution >= 0.6 is 0 Å². The van der Waals surface area contributed by atoms with E-state index in [4.69, 9.17) is 4.98 Å². The van der Waals surface area contributed by atoms with Crippen molar-refractivity contribution in [2.24, 2.45) is 7.05 Å². The lowest BCUT2D eigenvalue weighted by molar-refractivity contribution is 0.218. The number of piperidine rings is 1. The highest BCUT2D eigenvalue weighted by molar-refractivity contribution is 6.00. The molecular weight excluding hydrogens is 443 g/mol. The zero-order valence-corrected chi connectivity index (χ0v) is 20.0. The molecule has 0 spiro atoms. The molecule has 0 bridgehead atoms. The monoisotopic (exact) mass is 472 g/mol.